The van der Waals surface area contributed by atoms with Crippen LogP contribution >= 0.6 is 11.6 Å². The van der Waals surface area contributed by atoms with Crippen LogP contribution in [0.5, 0.6) is 5.75 Å². The lowest BCUT2D eigenvalue weighted by atomic mass is 10.1. The molecule has 0 amide bonds. The minimum Gasteiger partial charge on any atom is -0.494 e. The molecule has 102 valence electrons. The van der Waals surface area contributed by atoms with Gasteiger partial charge in [0, 0.05) is 10.7 Å². The number of rotatable bonds is 6. The van der Waals surface area contributed by atoms with Crippen molar-refractivity contribution in [3.63, 3.8) is 0 Å². The van der Waals surface area contributed by atoms with Crippen LogP contribution in [-0.2, 0) is 6.42 Å². The molecule has 1 aromatic heterocycles. The number of aromatic amines is 1. The number of hydrogen-bond donors (Lipinski definition) is 1. The van der Waals surface area contributed by atoms with Gasteiger partial charge in [-0.3, -0.25) is 5.10 Å². The monoisotopic (exact) mass is 278 g/mol. The first-order valence-electron chi connectivity index (χ1n) is 6.55. The predicted octanol–water partition coefficient (Wildman–Crippen LogP) is 4.08. The van der Waals surface area contributed by atoms with Gasteiger partial charge in [0.05, 0.1) is 12.3 Å². The van der Waals surface area contributed by atoms with Gasteiger partial charge in [0.2, 0.25) is 0 Å². The number of hydrogen-bond acceptors (Lipinski definition) is 2. The molecule has 4 heteroatoms. The van der Waals surface area contributed by atoms with E-state index in [9.17, 15) is 0 Å². The predicted molar refractivity (Wildman–Crippen MR) is 77.9 cm³/mol. The molecule has 0 aliphatic heterocycles. The molecule has 1 aromatic carbocycles. The molecule has 0 bridgehead atoms. The highest BCUT2D eigenvalue weighted by Crippen LogP contribution is 2.18. The third kappa shape index (κ3) is 4.00. The van der Waals surface area contributed by atoms with Crippen LogP contribution < -0.4 is 4.74 Å². The molecule has 2 rings (SSSR count). The second-order valence-electron chi connectivity index (χ2n) is 4.68. The maximum Gasteiger partial charge on any atom is 0.120 e. The highest BCUT2D eigenvalue weighted by molar-refractivity contribution is 6.30. The molecule has 0 fully saturated rings. The Morgan fingerprint density at radius 3 is 2.79 bits per heavy atom. The van der Waals surface area contributed by atoms with Crippen LogP contribution in [-0.4, -0.2) is 16.8 Å². The Hall–Kier alpha value is -1.48. The molecule has 0 saturated carbocycles. The normalized spacial score (nSPS) is 10.7. The fraction of sp³-hybridized carbons (Fsp3) is 0.400. The van der Waals surface area contributed by atoms with E-state index in [2.05, 4.69) is 17.1 Å². The Morgan fingerprint density at radius 1 is 1.26 bits per heavy atom. The third-order valence-corrected chi connectivity index (χ3v) is 3.40. The van der Waals surface area contributed by atoms with Crippen LogP contribution in [0.25, 0.3) is 0 Å². The Bertz CT molecular complexity index is 517. The summed E-state index contributed by atoms with van der Waals surface area (Å²) >= 11 is 5.90. The van der Waals surface area contributed by atoms with Gasteiger partial charge >= 0.3 is 0 Å². The van der Waals surface area contributed by atoms with Crippen molar-refractivity contribution in [1.82, 2.24) is 10.2 Å². The number of halogens is 1. The number of unbranched alkanes of at least 4 members (excludes halogenated alkanes) is 1. The lowest BCUT2D eigenvalue weighted by Crippen LogP contribution is -1.99. The van der Waals surface area contributed by atoms with Gasteiger partial charge in [0.1, 0.15) is 5.75 Å². The zero-order valence-electron chi connectivity index (χ0n) is 11.4. The van der Waals surface area contributed by atoms with Crippen molar-refractivity contribution in [2.45, 2.75) is 33.1 Å². The molecule has 0 radical (unpaired) electrons. The number of benzene rings is 1. The van der Waals surface area contributed by atoms with Gasteiger partial charge in [-0.05, 0) is 56.9 Å². The maximum absolute atomic E-state index is 5.90. The van der Waals surface area contributed by atoms with E-state index in [0.717, 1.165) is 37.3 Å². The molecule has 1 heterocycles. The summed E-state index contributed by atoms with van der Waals surface area (Å²) in [5.74, 6) is 0.836. The molecule has 0 aliphatic rings. The van der Waals surface area contributed by atoms with Crippen molar-refractivity contribution in [1.29, 1.82) is 0 Å². The Morgan fingerprint density at radius 2 is 2.11 bits per heavy atom. The number of ether oxygens (including phenoxy) is 1. The minimum atomic E-state index is 0.710. The van der Waals surface area contributed by atoms with Gasteiger partial charge in [-0.15, -0.1) is 0 Å². The Balaban J connectivity index is 1.70. The second-order valence-corrected chi connectivity index (χ2v) is 5.11. The first kappa shape index (κ1) is 13.9. The van der Waals surface area contributed by atoms with E-state index in [1.807, 2.05) is 31.2 Å². The molecule has 0 atom stereocenters. The summed E-state index contributed by atoms with van der Waals surface area (Å²) in [6.07, 6.45) is 3.17. The molecule has 19 heavy (non-hydrogen) atoms. The molecule has 3 nitrogen and oxygen atoms in total. The molecular formula is C15H19ClN2O. The standard InChI is InChI=1S/C15H19ClN2O/c1-11-15(12(2)18-17-11)8-3-4-9-19-14-7-5-6-13(16)10-14/h5-7,10H,3-4,8-9H2,1-2H3,(H,17,18). The zero-order valence-corrected chi connectivity index (χ0v) is 12.1. The van der Waals surface area contributed by atoms with Crippen LogP contribution in [0.3, 0.4) is 0 Å². The van der Waals surface area contributed by atoms with E-state index in [0.29, 0.717) is 5.02 Å². The fourth-order valence-electron chi connectivity index (χ4n) is 2.09. The van der Waals surface area contributed by atoms with Crippen LogP contribution in [0.15, 0.2) is 24.3 Å². The van der Waals surface area contributed by atoms with E-state index >= 15 is 0 Å². The number of aryl methyl sites for hydroxylation is 2. The Labute approximate surface area is 118 Å². The number of nitrogens with zero attached hydrogens (tertiary/aromatic N) is 1. The van der Waals surface area contributed by atoms with Gasteiger partial charge in [-0.2, -0.15) is 5.10 Å². The first-order valence-corrected chi connectivity index (χ1v) is 6.93. The van der Waals surface area contributed by atoms with Gasteiger partial charge in [0.15, 0.2) is 0 Å². The van der Waals surface area contributed by atoms with Crippen molar-refractivity contribution in [3.8, 4) is 5.75 Å². The summed E-state index contributed by atoms with van der Waals surface area (Å²) in [6, 6.07) is 7.51. The molecule has 1 N–H and O–H groups in total. The lowest BCUT2D eigenvalue weighted by molar-refractivity contribution is 0.307. The highest BCUT2D eigenvalue weighted by atomic mass is 35.5. The van der Waals surface area contributed by atoms with E-state index in [-0.39, 0.29) is 0 Å². The number of aromatic nitrogens is 2. The molecule has 0 aliphatic carbocycles. The third-order valence-electron chi connectivity index (χ3n) is 3.17. The SMILES string of the molecule is Cc1n[nH]c(C)c1CCCCOc1cccc(Cl)c1. The van der Waals surface area contributed by atoms with Gasteiger partial charge in [0.25, 0.3) is 0 Å². The molecule has 0 saturated heterocycles. The second kappa shape index (κ2) is 6.62. The zero-order chi connectivity index (χ0) is 13.7. The van der Waals surface area contributed by atoms with Crippen molar-refractivity contribution >= 4 is 11.6 Å². The molecular weight excluding hydrogens is 260 g/mol. The molecule has 2 aromatic rings. The topological polar surface area (TPSA) is 37.9 Å². The summed E-state index contributed by atoms with van der Waals surface area (Å²) in [5.41, 5.74) is 3.62. The summed E-state index contributed by atoms with van der Waals surface area (Å²) < 4.78 is 5.66. The average Bonchev–Trinajstić information content (AvgIpc) is 2.70. The van der Waals surface area contributed by atoms with Crippen molar-refractivity contribution in [3.05, 3.63) is 46.2 Å². The number of H-pyrrole nitrogens is 1. The van der Waals surface area contributed by atoms with Gasteiger partial charge in [-0.25, -0.2) is 0 Å². The van der Waals surface area contributed by atoms with Crippen molar-refractivity contribution < 1.29 is 4.74 Å². The summed E-state index contributed by atoms with van der Waals surface area (Å²) in [6.45, 7) is 4.83. The maximum atomic E-state index is 5.90. The number of nitrogens with one attached hydrogen (secondary N) is 1. The molecule has 0 unspecified atom stereocenters. The van der Waals surface area contributed by atoms with E-state index in [1.54, 1.807) is 0 Å². The summed E-state index contributed by atoms with van der Waals surface area (Å²) in [7, 11) is 0. The summed E-state index contributed by atoms with van der Waals surface area (Å²) in [4.78, 5) is 0. The van der Waals surface area contributed by atoms with Crippen LogP contribution in [0.2, 0.25) is 5.02 Å². The lowest BCUT2D eigenvalue weighted by Gasteiger charge is -2.06. The van der Waals surface area contributed by atoms with E-state index in [4.69, 9.17) is 16.3 Å². The van der Waals surface area contributed by atoms with Crippen molar-refractivity contribution in [2.75, 3.05) is 6.61 Å². The Kier molecular flexibility index (Phi) is 4.86. The van der Waals surface area contributed by atoms with Gasteiger partial charge in [-0.1, -0.05) is 17.7 Å². The smallest absolute Gasteiger partial charge is 0.120 e. The van der Waals surface area contributed by atoms with Crippen molar-refractivity contribution in [2.24, 2.45) is 0 Å². The van der Waals surface area contributed by atoms with Crippen LogP contribution in [0, 0.1) is 13.8 Å². The highest BCUT2D eigenvalue weighted by Gasteiger charge is 2.05. The van der Waals surface area contributed by atoms with E-state index in [1.165, 1.54) is 11.3 Å². The minimum absolute atomic E-state index is 0.710. The average molecular weight is 279 g/mol. The van der Waals surface area contributed by atoms with Crippen LogP contribution in [0.1, 0.15) is 29.8 Å². The van der Waals surface area contributed by atoms with E-state index < -0.39 is 0 Å². The largest absolute Gasteiger partial charge is 0.494 e. The first-order chi connectivity index (χ1) is 9.16. The fourth-order valence-corrected chi connectivity index (χ4v) is 2.27. The van der Waals surface area contributed by atoms with Crippen LogP contribution in [0.4, 0.5) is 0 Å². The molecule has 0 spiro atoms. The quantitative estimate of drug-likeness (QED) is 0.809. The van der Waals surface area contributed by atoms with Gasteiger partial charge < -0.3 is 4.74 Å². The summed E-state index contributed by atoms with van der Waals surface area (Å²) in [5, 5.41) is 7.93.